The minimum Gasteiger partial charge on any atom is -0.497 e. The van der Waals surface area contributed by atoms with Crippen molar-refractivity contribution < 1.29 is 18.7 Å². The Morgan fingerprint density at radius 1 is 0.914 bits per heavy atom. The van der Waals surface area contributed by atoms with Crippen LogP contribution in [-0.2, 0) is 4.79 Å². The molecule has 0 bridgehead atoms. The normalized spacial score (nSPS) is 30.9. The quantitative estimate of drug-likeness (QED) is 0.188. The van der Waals surface area contributed by atoms with Gasteiger partial charge in [-0.2, -0.15) is 0 Å². The first kappa shape index (κ1) is 26.5. The lowest BCUT2D eigenvalue weighted by Crippen LogP contribution is -2.40. The molecule has 0 radical (unpaired) electrons. The van der Waals surface area contributed by atoms with E-state index in [0.29, 0.717) is 17.6 Å². The molecule has 1 aromatic carbocycles. The number of halogens is 1. The third kappa shape index (κ3) is 7.01. The molecule has 1 aromatic rings. The van der Waals surface area contributed by atoms with Crippen LogP contribution in [0.25, 0.3) is 0 Å². The molecule has 0 N–H and O–H groups in total. The summed E-state index contributed by atoms with van der Waals surface area (Å²) in [7, 11) is 1.50. The van der Waals surface area contributed by atoms with Crippen molar-refractivity contribution in [2.24, 2.45) is 35.5 Å². The Balaban J connectivity index is 1.24. The number of carbonyl (C=O) groups is 1. The Hall–Kier alpha value is -1.58. The molecule has 35 heavy (non-hydrogen) atoms. The average Bonchev–Trinajstić information content (AvgIpc) is 2.89. The molecule has 0 heterocycles. The summed E-state index contributed by atoms with van der Waals surface area (Å²) in [4.78, 5) is 13.1. The first-order valence-corrected chi connectivity index (χ1v) is 14.6. The smallest absolute Gasteiger partial charge is 0.314 e. The van der Waals surface area contributed by atoms with Gasteiger partial charge in [0, 0.05) is 6.07 Å². The van der Waals surface area contributed by atoms with E-state index in [1.165, 1.54) is 103 Å². The molecular formula is C31H47FO3. The Bertz CT molecular complexity index is 800. The number of unbranched alkanes of at least 4 members (excludes halogenated alkanes) is 4. The van der Waals surface area contributed by atoms with E-state index in [1.54, 1.807) is 6.07 Å². The summed E-state index contributed by atoms with van der Waals surface area (Å²) >= 11 is 0. The summed E-state index contributed by atoms with van der Waals surface area (Å²) in [5.41, 5.74) is 0. The van der Waals surface area contributed by atoms with Crippen LogP contribution >= 0.6 is 0 Å². The number of benzene rings is 1. The van der Waals surface area contributed by atoms with Crippen LogP contribution in [0.2, 0.25) is 0 Å². The number of carbonyl (C=O) groups excluding carboxylic acids is 1. The van der Waals surface area contributed by atoms with Gasteiger partial charge in [-0.3, -0.25) is 4.79 Å². The van der Waals surface area contributed by atoms with Crippen molar-refractivity contribution in [2.45, 2.75) is 110 Å². The Kier molecular flexibility index (Phi) is 9.92. The van der Waals surface area contributed by atoms with Gasteiger partial charge in [0.25, 0.3) is 0 Å². The number of methoxy groups -OCH3 is 1. The fourth-order valence-corrected chi connectivity index (χ4v) is 7.58. The molecule has 3 fully saturated rings. The van der Waals surface area contributed by atoms with Crippen LogP contribution in [-0.4, -0.2) is 13.1 Å². The van der Waals surface area contributed by atoms with E-state index in [4.69, 9.17) is 9.47 Å². The number of rotatable bonds is 10. The summed E-state index contributed by atoms with van der Waals surface area (Å²) in [6.07, 6.45) is 21.1. The van der Waals surface area contributed by atoms with Crippen molar-refractivity contribution in [3.05, 3.63) is 24.0 Å². The summed E-state index contributed by atoms with van der Waals surface area (Å²) < 4.78 is 25.0. The lowest BCUT2D eigenvalue weighted by atomic mass is 9.59. The molecular weight excluding hydrogens is 439 g/mol. The zero-order valence-electron chi connectivity index (χ0n) is 22.1. The minimum atomic E-state index is -0.537. The second-order valence-corrected chi connectivity index (χ2v) is 11.7. The van der Waals surface area contributed by atoms with Crippen molar-refractivity contribution >= 4 is 5.97 Å². The van der Waals surface area contributed by atoms with E-state index in [9.17, 15) is 9.18 Å². The van der Waals surface area contributed by atoms with Gasteiger partial charge in [-0.1, -0.05) is 71.1 Å². The summed E-state index contributed by atoms with van der Waals surface area (Å²) in [5.74, 6) is 3.35. The predicted molar refractivity (Wildman–Crippen MR) is 139 cm³/mol. The minimum absolute atomic E-state index is 0.0220. The standard InChI is InChI=1S/C31H47FO3/c1-3-4-5-6-7-9-22-12-14-23(15-13-22)24-16-18-27-25(20-24)10-8-11-28(27)31(33)35-30-19-17-26(34-2)21-29(30)32/h17,19,21-25,27-28H,3-16,18,20H2,1-2H3. The molecule has 4 heteroatoms. The van der Waals surface area contributed by atoms with E-state index >= 15 is 0 Å². The summed E-state index contributed by atoms with van der Waals surface area (Å²) in [5, 5.41) is 0. The van der Waals surface area contributed by atoms with Crippen LogP contribution in [0.3, 0.4) is 0 Å². The fraction of sp³-hybridized carbons (Fsp3) is 0.774. The van der Waals surface area contributed by atoms with Gasteiger partial charge < -0.3 is 9.47 Å². The molecule has 0 amide bonds. The molecule has 4 atom stereocenters. The van der Waals surface area contributed by atoms with Crippen molar-refractivity contribution in [3.8, 4) is 11.5 Å². The van der Waals surface area contributed by atoms with Gasteiger partial charge in [-0.15, -0.1) is 0 Å². The molecule has 0 spiro atoms. The molecule has 3 nitrogen and oxygen atoms in total. The number of esters is 1. The molecule has 4 unspecified atom stereocenters. The van der Waals surface area contributed by atoms with E-state index in [0.717, 1.165) is 37.0 Å². The maximum atomic E-state index is 14.3. The number of fused-ring (bicyclic) bond motifs is 1. The predicted octanol–water partition coefficient (Wildman–Crippen LogP) is 8.74. The van der Waals surface area contributed by atoms with Gasteiger partial charge in [0.15, 0.2) is 11.6 Å². The van der Waals surface area contributed by atoms with Crippen LogP contribution in [0.5, 0.6) is 11.5 Å². The van der Waals surface area contributed by atoms with Gasteiger partial charge >= 0.3 is 5.97 Å². The summed E-state index contributed by atoms with van der Waals surface area (Å²) in [6.45, 7) is 2.29. The zero-order valence-corrected chi connectivity index (χ0v) is 22.1. The summed E-state index contributed by atoms with van der Waals surface area (Å²) in [6, 6.07) is 4.42. The van der Waals surface area contributed by atoms with Crippen molar-refractivity contribution in [1.82, 2.24) is 0 Å². The van der Waals surface area contributed by atoms with Gasteiger partial charge in [0.2, 0.25) is 0 Å². The third-order valence-corrected chi connectivity index (χ3v) is 9.62. The number of hydrogen-bond acceptors (Lipinski definition) is 3. The van der Waals surface area contributed by atoms with Crippen LogP contribution in [0.4, 0.5) is 4.39 Å². The number of hydrogen-bond donors (Lipinski definition) is 0. The van der Waals surface area contributed by atoms with Crippen molar-refractivity contribution in [3.63, 3.8) is 0 Å². The topological polar surface area (TPSA) is 35.5 Å². The lowest BCUT2D eigenvalue weighted by Gasteiger charge is -2.46. The molecule has 3 aliphatic rings. The molecule has 0 aromatic heterocycles. The second kappa shape index (κ2) is 13.1. The molecule has 0 saturated heterocycles. The van der Waals surface area contributed by atoms with E-state index in [2.05, 4.69) is 6.92 Å². The molecule has 196 valence electrons. The molecule has 4 rings (SSSR count). The first-order valence-electron chi connectivity index (χ1n) is 14.6. The molecule has 0 aliphatic heterocycles. The van der Waals surface area contributed by atoms with Crippen LogP contribution in [0, 0.1) is 41.3 Å². The first-order chi connectivity index (χ1) is 17.1. The Labute approximate surface area is 212 Å². The third-order valence-electron chi connectivity index (χ3n) is 9.62. The molecule has 3 saturated carbocycles. The van der Waals surface area contributed by atoms with Crippen LogP contribution in [0.15, 0.2) is 18.2 Å². The lowest BCUT2D eigenvalue weighted by molar-refractivity contribution is -0.144. The maximum Gasteiger partial charge on any atom is 0.314 e. The highest BCUT2D eigenvalue weighted by atomic mass is 19.1. The van der Waals surface area contributed by atoms with E-state index < -0.39 is 5.82 Å². The largest absolute Gasteiger partial charge is 0.497 e. The van der Waals surface area contributed by atoms with Crippen molar-refractivity contribution in [1.29, 1.82) is 0 Å². The van der Waals surface area contributed by atoms with Crippen molar-refractivity contribution in [2.75, 3.05) is 7.11 Å². The van der Waals surface area contributed by atoms with Gasteiger partial charge in [-0.05, 0) is 80.2 Å². The second-order valence-electron chi connectivity index (χ2n) is 11.7. The highest BCUT2D eigenvalue weighted by Crippen LogP contribution is 2.50. The highest BCUT2D eigenvalue weighted by Gasteiger charge is 2.43. The maximum absolute atomic E-state index is 14.3. The van der Waals surface area contributed by atoms with Gasteiger partial charge in [0.05, 0.1) is 13.0 Å². The highest BCUT2D eigenvalue weighted by molar-refractivity contribution is 5.75. The number of ether oxygens (including phenoxy) is 2. The Morgan fingerprint density at radius 3 is 2.43 bits per heavy atom. The van der Waals surface area contributed by atoms with Gasteiger partial charge in [0.1, 0.15) is 5.75 Å². The SMILES string of the molecule is CCCCCCCC1CCC(C2CCC3C(CCCC3C(=O)Oc3ccc(OC)cc3F)C2)CC1. The Morgan fingerprint density at radius 2 is 1.69 bits per heavy atom. The molecule has 3 aliphatic carbocycles. The van der Waals surface area contributed by atoms with E-state index in [1.807, 2.05) is 0 Å². The zero-order chi connectivity index (χ0) is 24.6. The van der Waals surface area contributed by atoms with Crippen LogP contribution in [0.1, 0.15) is 110 Å². The van der Waals surface area contributed by atoms with Crippen LogP contribution < -0.4 is 9.47 Å². The average molecular weight is 487 g/mol. The van der Waals surface area contributed by atoms with Gasteiger partial charge in [-0.25, -0.2) is 4.39 Å². The van der Waals surface area contributed by atoms with E-state index in [-0.39, 0.29) is 17.6 Å². The fourth-order valence-electron chi connectivity index (χ4n) is 7.58. The monoisotopic (exact) mass is 486 g/mol.